The van der Waals surface area contributed by atoms with Gasteiger partial charge in [0.15, 0.2) is 0 Å². The Morgan fingerprint density at radius 2 is 0.900 bits per heavy atom. The first-order chi connectivity index (χ1) is 14.9. The van der Waals surface area contributed by atoms with E-state index in [1.54, 1.807) is 0 Å². The number of hydrogen-bond acceptors (Lipinski definition) is 10. The summed E-state index contributed by atoms with van der Waals surface area (Å²) in [7, 11) is 0. The number of thioether (sulfide) groups is 6. The molecular formula is C20H34O4S6. The van der Waals surface area contributed by atoms with Crippen LogP contribution in [0, 0.1) is 0 Å². The second kappa shape index (κ2) is 14.4. The minimum atomic E-state index is 0.448. The normalized spacial score (nSPS) is 30.8. The third-order valence-electron chi connectivity index (χ3n) is 4.92. The zero-order valence-electron chi connectivity index (χ0n) is 17.4. The highest BCUT2D eigenvalue weighted by molar-refractivity contribution is 8.07. The van der Waals surface area contributed by atoms with E-state index in [1.807, 2.05) is 70.6 Å². The molecule has 0 amide bonds. The molecule has 0 saturated carbocycles. The quantitative estimate of drug-likeness (QED) is 0.162. The van der Waals surface area contributed by atoms with Crippen molar-refractivity contribution >= 4 is 70.6 Å². The van der Waals surface area contributed by atoms with Crippen molar-refractivity contribution in [3.8, 4) is 0 Å². The molecule has 0 aromatic heterocycles. The summed E-state index contributed by atoms with van der Waals surface area (Å²) in [6.07, 6.45) is 0. The lowest BCUT2D eigenvalue weighted by Crippen LogP contribution is -2.32. The van der Waals surface area contributed by atoms with Gasteiger partial charge in [0.1, 0.15) is 0 Å². The molecule has 4 heterocycles. The van der Waals surface area contributed by atoms with Crippen molar-refractivity contribution in [2.75, 3.05) is 87.4 Å². The molecule has 4 rings (SSSR count). The Bertz CT molecular complexity index is 432. The zero-order chi connectivity index (χ0) is 20.4. The predicted octanol–water partition coefficient (Wildman–Crippen LogP) is 3.72. The monoisotopic (exact) mass is 530 g/mol. The van der Waals surface area contributed by atoms with E-state index in [4.69, 9.17) is 18.9 Å². The molecule has 30 heavy (non-hydrogen) atoms. The van der Waals surface area contributed by atoms with Crippen LogP contribution in [0.25, 0.3) is 0 Å². The third-order valence-corrected chi connectivity index (χ3v) is 11.4. The molecule has 0 N–H and O–H groups in total. The predicted molar refractivity (Wildman–Crippen MR) is 141 cm³/mol. The molecule has 0 aromatic carbocycles. The Kier molecular flexibility index (Phi) is 12.0. The number of hydrogen-bond donors (Lipinski definition) is 0. The van der Waals surface area contributed by atoms with Crippen LogP contribution in [0.2, 0.25) is 0 Å². The van der Waals surface area contributed by atoms with Crippen LogP contribution in [0.1, 0.15) is 0 Å². The number of rotatable bonds is 21. The van der Waals surface area contributed by atoms with Crippen molar-refractivity contribution in [3.63, 3.8) is 0 Å². The summed E-state index contributed by atoms with van der Waals surface area (Å²) in [5, 5.41) is 3.88. The minimum absolute atomic E-state index is 0.448. The van der Waals surface area contributed by atoms with Crippen LogP contribution in [0.5, 0.6) is 0 Å². The maximum Gasteiger partial charge on any atom is 0.0597 e. The second-order valence-corrected chi connectivity index (χ2v) is 15.9. The fraction of sp³-hybridized carbons (Fsp3) is 1.00. The summed E-state index contributed by atoms with van der Waals surface area (Å²) in [5.74, 6) is 7.16. The molecule has 4 saturated heterocycles. The van der Waals surface area contributed by atoms with Crippen LogP contribution in [0.15, 0.2) is 0 Å². The highest BCUT2D eigenvalue weighted by Gasteiger charge is 2.29. The first-order valence-electron chi connectivity index (χ1n) is 10.9. The molecule has 174 valence electrons. The van der Waals surface area contributed by atoms with E-state index in [0.29, 0.717) is 10.5 Å². The van der Waals surface area contributed by atoms with Gasteiger partial charge in [-0.1, -0.05) is 0 Å². The molecule has 4 fully saturated rings. The van der Waals surface area contributed by atoms with Gasteiger partial charge in [-0.3, -0.25) is 0 Å². The van der Waals surface area contributed by atoms with Crippen LogP contribution in [-0.4, -0.2) is 119 Å². The molecular weight excluding hydrogens is 497 g/mol. The first kappa shape index (κ1) is 25.0. The molecule has 6 atom stereocenters. The molecule has 4 aliphatic heterocycles. The fourth-order valence-corrected chi connectivity index (χ4v) is 6.94. The Hall–Kier alpha value is 1.94. The van der Waals surface area contributed by atoms with E-state index >= 15 is 0 Å². The van der Waals surface area contributed by atoms with Crippen LogP contribution in [-0.2, 0) is 18.9 Å². The summed E-state index contributed by atoms with van der Waals surface area (Å²) < 4.78 is 23.9. The average molecular weight is 531 g/mol. The lowest BCUT2D eigenvalue weighted by molar-refractivity contribution is 0.116. The van der Waals surface area contributed by atoms with Gasteiger partial charge in [-0.25, -0.2) is 0 Å². The smallest absolute Gasteiger partial charge is 0.0597 e. The summed E-state index contributed by atoms with van der Waals surface area (Å²) in [6.45, 7) is 6.96. The molecule has 10 heteroatoms. The summed E-state index contributed by atoms with van der Waals surface area (Å²) >= 11 is 12.0. The van der Waals surface area contributed by atoms with Gasteiger partial charge in [-0.2, -0.15) is 70.6 Å². The summed E-state index contributed by atoms with van der Waals surface area (Å²) in [5.41, 5.74) is 0. The fourth-order valence-electron chi connectivity index (χ4n) is 2.76. The van der Waals surface area contributed by atoms with Crippen LogP contribution < -0.4 is 0 Å². The molecule has 0 aromatic rings. The second-order valence-electron chi connectivity index (χ2n) is 7.86. The third kappa shape index (κ3) is 11.9. The van der Waals surface area contributed by atoms with Crippen LogP contribution in [0.4, 0.5) is 0 Å². The van der Waals surface area contributed by atoms with E-state index in [0.717, 1.165) is 85.4 Å². The van der Waals surface area contributed by atoms with Crippen molar-refractivity contribution < 1.29 is 18.9 Å². The van der Waals surface area contributed by atoms with E-state index in [2.05, 4.69) is 0 Å². The van der Waals surface area contributed by atoms with Gasteiger partial charge in [0.2, 0.25) is 0 Å². The minimum Gasteiger partial charge on any atom is -0.379 e. The molecule has 0 radical (unpaired) electrons. The van der Waals surface area contributed by atoms with Crippen LogP contribution >= 0.6 is 70.6 Å². The molecule has 6 unspecified atom stereocenters. The average Bonchev–Trinajstić information content (AvgIpc) is 3.55. The summed E-state index contributed by atoms with van der Waals surface area (Å²) in [6, 6.07) is 0. The SMILES string of the molecule is C(CSC(COCC1CS1)C(COCC1CS1)SCCOCC1CS1)OCC1CS1. The Morgan fingerprint density at radius 1 is 0.567 bits per heavy atom. The Labute approximate surface area is 207 Å². The van der Waals surface area contributed by atoms with Crippen molar-refractivity contribution in [3.05, 3.63) is 0 Å². The maximum atomic E-state index is 6.12. The summed E-state index contributed by atoms with van der Waals surface area (Å²) in [4.78, 5) is 0. The van der Waals surface area contributed by atoms with E-state index < -0.39 is 0 Å². The molecule has 0 aliphatic carbocycles. The van der Waals surface area contributed by atoms with Gasteiger partial charge < -0.3 is 18.9 Å². The first-order valence-corrected chi connectivity index (χ1v) is 17.2. The highest BCUT2D eigenvalue weighted by atomic mass is 32.2. The largest absolute Gasteiger partial charge is 0.379 e. The lowest BCUT2D eigenvalue weighted by atomic mass is 10.3. The van der Waals surface area contributed by atoms with Gasteiger partial charge in [0, 0.05) is 66.0 Å². The lowest BCUT2D eigenvalue weighted by Gasteiger charge is -2.26. The highest BCUT2D eigenvalue weighted by Crippen LogP contribution is 2.33. The van der Waals surface area contributed by atoms with E-state index in [1.165, 1.54) is 23.0 Å². The van der Waals surface area contributed by atoms with Gasteiger partial charge in [-0.05, 0) is 0 Å². The van der Waals surface area contributed by atoms with Gasteiger partial charge in [0.25, 0.3) is 0 Å². The van der Waals surface area contributed by atoms with E-state index in [-0.39, 0.29) is 0 Å². The standard InChI is InChI=1S/C20H34O4S6/c1(21-5-15-11-27-15)3-25-19(9-23-7-17-13-29-17)20(10-24-8-18-14-30-18)26-4-2-22-6-16-12-28-16/h15-20H,1-14H2. The van der Waals surface area contributed by atoms with Gasteiger partial charge >= 0.3 is 0 Å². The van der Waals surface area contributed by atoms with Crippen molar-refractivity contribution in [2.45, 2.75) is 31.5 Å². The maximum absolute atomic E-state index is 6.12. The van der Waals surface area contributed by atoms with Gasteiger partial charge in [0.05, 0.1) is 52.9 Å². The number of ether oxygens (including phenoxy) is 4. The van der Waals surface area contributed by atoms with Crippen molar-refractivity contribution in [1.82, 2.24) is 0 Å². The molecule has 4 nitrogen and oxygen atoms in total. The molecule has 0 spiro atoms. The Morgan fingerprint density at radius 3 is 1.23 bits per heavy atom. The Balaban J connectivity index is 1.18. The van der Waals surface area contributed by atoms with Crippen LogP contribution in [0.3, 0.4) is 0 Å². The van der Waals surface area contributed by atoms with Crippen molar-refractivity contribution in [1.29, 1.82) is 0 Å². The topological polar surface area (TPSA) is 36.9 Å². The van der Waals surface area contributed by atoms with Crippen molar-refractivity contribution in [2.24, 2.45) is 0 Å². The van der Waals surface area contributed by atoms with E-state index in [9.17, 15) is 0 Å². The zero-order valence-corrected chi connectivity index (χ0v) is 22.3. The molecule has 4 aliphatic rings. The molecule has 0 bridgehead atoms. The van der Waals surface area contributed by atoms with Gasteiger partial charge in [-0.15, -0.1) is 0 Å².